The molecule has 7 heteroatoms. The Morgan fingerprint density at radius 3 is 2.47 bits per heavy atom. The number of hydrogen-bond acceptors (Lipinski definition) is 6. The average molecular weight is 459 g/mol. The number of rotatable bonds is 7. The summed E-state index contributed by atoms with van der Waals surface area (Å²) in [6, 6.07) is 14.7. The van der Waals surface area contributed by atoms with Gasteiger partial charge in [-0.1, -0.05) is 19.6 Å². The maximum atomic E-state index is 12.4. The Morgan fingerprint density at radius 1 is 1.18 bits per heavy atom. The van der Waals surface area contributed by atoms with Gasteiger partial charge in [0.15, 0.2) is 0 Å². The number of hydrogen-bond donors (Lipinski definition) is 2. The van der Waals surface area contributed by atoms with Crippen LogP contribution in [-0.2, 0) is 4.79 Å². The van der Waals surface area contributed by atoms with E-state index in [0.717, 1.165) is 29.3 Å². The first-order valence-electron chi connectivity index (χ1n) is 10.8. The molecule has 0 aliphatic carbocycles. The van der Waals surface area contributed by atoms with E-state index in [4.69, 9.17) is 4.74 Å². The average Bonchev–Trinajstić information content (AvgIpc) is 2.87. The highest BCUT2D eigenvalue weighted by molar-refractivity contribution is 6.10. The molecule has 1 amide bonds. The van der Waals surface area contributed by atoms with Crippen molar-refractivity contribution in [3.63, 3.8) is 0 Å². The number of anilines is 1. The third-order valence-corrected chi connectivity index (χ3v) is 4.53. The van der Waals surface area contributed by atoms with E-state index in [1.54, 1.807) is 50.5 Å². The molecule has 0 spiro atoms. The zero-order valence-electron chi connectivity index (χ0n) is 20.0. The van der Waals surface area contributed by atoms with E-state index in [1.807, 2.05) is 44.3 Å². The molecule has 0 aliphatic heterocycles. The predicted octanol–water partition coefficient (Wildman–Crippen LogP) is 5.55. The van der Waals surface area contributed by atoms with Gasteiger partial charge in [-0.15, -0.1) is 0 Å². The van der Waals surface area contributed by atoms with Crippen LogP contribution in [0.3, 0.4) is 0 Å². The largest absolute Gasteiger partial charge is 0.457 e. The molecular formula is C27H30N4O3. The standard InChI is InChI=1S/C23H24N4O2.C4H6O/c1-4-5-6-22(25-3)27-23(28)16-7-10-18(11-8-16)29-21-13-14-26-20-12-9-17(24-2)15-19(20)21;1-4(2)3-5/h5-15,24H,4H2,1-3H3,(H,25,27,28);3H,1H2,2H3/b6-5-;. The number of nitrogens with one attached hydrogen (secondary N) is 2. The van der Waals surface area contributed by atoms with Gasteiger partial charge in [-0.2, -0.15) is 0 Å². The zero-order chi connectivity index (χ0) is 24.9. The van der Waals surface area contributed by atoms with Crippen LogP contribution in [0.5, 0.6) is 11.5 Å². The van der Waals surface area contributed by atoms with E-state index >= 15 is 0 Å². The molecule has 2 N–H and O–H groups in total. The molecule has 1 aromatic heterocycles. The van der Waals surface area contributed by atoms with Crippen molar-refractivity contribution >= 4 is 34.6 Å². The molecule has 2 aromatic carbocycles. The number of aldehydes is 1. The number of carbonyl (C=O) groups is 2. The summed E-state index contributed by atoms with van der Waals surface area (Å²) >= 11 is 0. The van der Waals surface area contributed by atoms with Gasteiger partial charge in [-0.3, -0.25) is 19.6 Å². The molecule has 0 aliphatic rings. The minimum atomic E-state index is -0.217. The first kappa shape index (κ1) is 26.0. The minimum Gasteiger partial charge on any atom is -0.457 e. The molecule has 3 rings (SSSR count). The molecule has 3 aromatic rings. The Labute approximate surface area is 200 Å². The van der Waals surface area contributed by atoms with Crippen molar-refractivity contribution in [2.24, 2.45) is 4.99 Å². The normalized spacial score (nSPS) is 10.9. The maximum absolute atomic E-state index is 12.4. The number of allylic oxidation sites excluding steroid dienone is 2. The van der Waals surface area contributed by atoms with Crippen LogP contribution in [0.15, 0.2) is 84.0 Å². The van der Waals surface area contributed by atoms with E-state index in [1.165, 1.54) is 0 Å². The molecule has 0 unspecified atom stereocenters. The fourth-order valence-corrected chi connectivity index (χ4v) is 2.76. The fraction of sp³-hybridized carbons (Fsp3) is 0.185. The van der Waals surface area contributed by atoms with E-state index in [9.17, 15) is 9.59 Å². The van der Waals surface area contributed by atoms with Gasteiger partial charge in [0.1, 0.15) is 23.6 Å². The van der Waals surface area contributed by atoms with Crippen molar-refractivity contribution in [3.8, 4) is 11.5 Å². The maximum Gasteiger partial charge on any atom is 0.256 e. The first-order valence-corrected chi connectivity index (χ1v) is 10.8. The van der Waals surface area contributed by atoms with Gasteiger partial charge < -0.3 is 15.4 Å². The number of ether oxygens (including phenoxy) is 1. The molecule has 176 valence electrons. The molecule has 7 nitrogen and oxygen atoms in total. The van der Waals surface area contributed by atoms with Crippen LogP contribution in [-0.4, -0.2) is 37.1 Å². The Morgan fingerprint density at radius 2 is 1.88 bits per heavy atom. The molecule has 0 fully saturated rings. The molecule has 0 saturated heterocycles. The third kappa shape index (κ3) is 7.70. The molecule has 34 heavy (non-hydrogen) atoms. The molecule has 0 atom stereocenters. The van der Waals surface area contributed by atoms with E-state index in [0.29, 0.717) is 28.5 Å². The van der Waals surface area contributed by atoms with E-state index < -0.39 is 0 Å². The SMILES string of the molecule is C=C(C)C=O.CC/C=C\C(=NC)NC(=O)c1ccc(Oc2ccnc3ccc(NC)cc23)cc1. The second kappa shape index (κ2) is 13.3. The van der Waals surface area contributed by atoms with Crippen LogP contribution in [0.1, 0.15) is 30.6 Å². The lowest BCUT2D eigenvalue weighted by Crippen LogP contribution is -2.29. The number of carbonyl (C=O) groups excluding carboxylic acids is 2. The van der Waals surface area contributed by atoms with Crippen molar-refractivity contribution in [2.45, 2.75) is 20.3 Å². The summed E-state index contributed by atoms with van der Waals surface area (Å²) in [5.74, 6) is 1.65. The van der Waals surface area contributed by atoms with Crippen LogP contribution < -0.4 is 15.4 Å². The van der Waals surface area contributed by atoms with Gasteiger partial charge in [-0.25, -0.2) is 0 Å². The number of amidine groups is 1. The summed E-state index contributed by atoms with van der Waals surface area (Å²) in [6.07, 6.45) is 7.05. The van der Waals surface area contributed by atoms with Crippen LogP contribution >= 0.6 is 0 Å². The monoisotopic (exact) mass is 458 g/mol. The number of benzene rings is 2. The Bertz CT molecular complexity index is 1200. The summed E-state index contributed by atoms with van der Waals surface area (Å²) in [5.41, 5.74) is 2.93. The van der Waals surface area contributed by atoms with Gasteiger partial charge in [0.25, 0.3) is 5.91 Å². The summed E-state index contributed by atoms with van der Waals surface area (Å²) in [7, 11) is 3.51. The predicted molar refractivity (Wildman–Crippen MR) is 139 cm³/mol. The molecule has 1 heterocycles. The van der Waals surface area contributed by atoms with Gasteiger partial charge in [0.05, 0.1) is 5.52 Å². The first-order chi connectivity index (χ1) is 16.4. The lowest BCUT2D eigenvalue weighted by Gasteiger charge is -2.10. The fourth-order valence-electron chi connectivity index (χ4n) is 2.76. The molecule has 0 saturated carbocycles. The number of fused-ring (bicyclic) bond motifs is 1. The lowest BCUT2D eigenvalue weighted by molar-refractivity contribution is -0.104. The van der Waals surface area contributed by atoms with Crippen molar-refractivity contribution in [3.05, 3.63) is 84.6 Å². The summed E-state index contributed by atoms with van der Waals surface area (Å²) in [5, 5.41) is 6.82. The van der Waals surface area contributed by atoms with Crippen LogP contribution in [0.4, 0.5) is 5.69 Å². The lowest BCUT2D eigenvalue weighted by atomic mass is 10.1. The quantitative estimate of drug-likeness (QED) is 0.209. The van der Waals surface area contributed by atoms with Crippen LogP contribution in [0.25, 0.3) is 10.9 Å². The Balaban J connectivity index is 0.000000739. The van der Waals surface area contributed by atoms with Gasteiger partial charge in [0, 0.05) is 36.9 Å². The highest BCUT2D eigenvalue weighted by Crippen LogP contribution is 2.30. The summed E-state index contributed by atoms with van der Waals surface area (Å²) in [4.78, 5) is 30.3. The van der Waals surface area contributed by atoms with E-state index in [2.05, 4.69) is 27.2 Å². The Hall–Kier alpha value is -4.26. The zero-order valence-corrected chi connectivity index (χ0v) is 20.0. The van der Waals surface area contributed by atoms with Gasteiger partial charge in [-0.05, 0) is 73.5 Å². The highest BCUT2D eigenvalue weighted by atomic mass is 16.5. The van der Waals surface area contributed by atoms with Crippen LogP contribution in [0, 0.1) is 0 Å². The molecule has 0 bridgehead atoms. The van der Waals surface area contributed by atoms with Crippen molar-refractivity contribution in [1.82, 2.24) is 10.3 Å². The number of aliphatic imine (C=N–C) groups is 1. The van der Waals surface area contributed by atoms with Gasteiger partial charge in [0.2, 0.25) is 0 Å². The number of pyridine rings is 1. The van der Waals surface area contributed by atoms with Crippen molar-refractivity contribution in [1.29, 1.82) is 0 Å². The second-order valence-electron chi connectivity index (χ2n) is 7.26. The van der Waals surface area contributed by atoms with E-state index in [-0.39, 0.29) is 5.91 Å². The second-order valence-corrected chi connectivity index (χ2v) is 7.26. The highest BCUT2D eigenvalue weighted by Gasteiger charge is 2.09. The number of nitrogens with zero attached hydrogens (tertiary/aromatic N) is 2. The molecular weight excluding hydrogens is 428 g/mol. The number of aromatic nitrogens is 1. The smallest absolute Gasteiger partial charge is 0.256 e. The third-order valence-electron chi connectivity index (χ3n) is 4.53. The van der Waals surface area contributed by atoms with Crippen LogP contribution in [0.2, 0.25) is 0 Å². The van der Waals surface area contributed by atoms with Gasteiger partial charge >= 0.3 is 0 Å². The summed E-state index contributed by atoms with van der Waals surface area (Å²) < 4.78 is 6.05. The van der Waals surface area contributed by atoms with Crippen molar-refractivity contribution in [2.75, 3.05) is 19.4 Å². The van der Waals surface area contributed by atoms with Crippen molar-refractivity contribution < 1.29 is 14.3 Å². The minimum absolute atomic E-state index is 0.217. The topological polar surface area (TPSA) is 92.7 Å². The number of amides is 1. The summed E-state index contributed by atoms with van der Waals surface area (Å²) in [6.45, 7) is 6.99. The Kier molecular flexibility index (Phi) is 10.2. The molecule has 0 radical (unpaired) electrons.